The number of nitrogens with one attached hydrogen (secondary N) is 1. The predicted octanol–water partition coefficient (Wildman–Crippen LogP) is 0.979. The highest BCUT2D eigenvalue weighted by Crippen LogP contribution is 2.18. The third-order valence-electron chi connectivity index (χ3n) is 3.27. The fourth-order valence-corrected chi connectivity index (χ4v) is 2.37. The number of rotatable bonds is 3. The average Bonchev–Trinajstić information content (AvgIpc) is 2.47. The van der Waals surface area contributed by atoms with Gasteiger partial charge in [0.05, 0.1) is 5.92 Å². The first-order chi connectivity index (χ1) is 10.0. The Morgan fingerprint density at radius 2 is 2.00 bits per heavy atom. The van der Waals surface area contributed by atoms with Crippen molar-refractivity contribution in [3.05, 3.63) is 35.9 Å². The van der Waals surface area contributed by atoms with E-state index in [0.717, 1.165) is 39.4 Å². The van der Waals surface area contributed by atoms with Gasteiger partial charge in [-0.25, -0.2) is 5.84 Å². The van der Waals surface area contributed by atoms with Crippen molar-refractivity contribution >= 4 is 11.9 Å². The minimum atomic E-state index is -0.833. The third kappa shape index (κ3) is 6.87. The molecular weight excluding hydrogens is 270 g/mol. The van der Waals surface area contributed by atoms with Gasteiger partial charge in [0.25, 0.3) is 5.97 Å². The molecule has 6 nitrogen and oxygen atoms in total. The molecule has 1 unspecified atom stereocenters. The molecule has 21 heavy (non-hydrogen) atoms. The van der Waals surface area contributed by atoms with Crippen molar-refractivity contribution in [3.8, 4) is 0 Å². The molecule has 2 rings (SSSR count). The number of nitrogens with two attached hydrogens (primary N) is 1. The number of benzene rings is 1. The summed E-state index contributed by atoms with van der Waals surface area (Å²) in [5.41, 5.74) is 3.55. The maximum Gasteiger partial charge on any atom is 0.300 e. The summed E-state index contributed by atoms with van der Waals surface area (Å²) in [7, 11) is 0. The molecule has 1 saturated heterocycles. The summed E-state index contributed by atoms with van der Waals surface area (Å²) in [5.74, 6) is 4.35. The maximum atomic E-state index is 11.5. The molecule has 1 aliphatic heterocycles. The highest BCUT2D eigenvalue weighted by Gasteiger charge is 2.24. The Hall–Kier alpha value is -1.92. The van der Waals surface area contributed by atoms with Crippen molar-refractivity contribution in [1.82, 2.24) is 10.3 Å². The molecule has 0 aromatic heterocycles. The molecule has 1 aliphatic rings. The van der Waals surface area contributed by atoms with Crippen LogP contribution in [0, 0.1) is 5.92 Å². The van der Waals surface area contributed by atoms with Crippen LogP contribution in [0.3, 0.4) is 0 Å². The van der Waals surface area contributed by atoms with Gasteiger partial charge < -0.3 is 5.11 Å². The molecule has 116 valence electrons. The summed E-state index contributed by atoms with van der Waals surface area (Å²) < 4.78 is 0. The van der Waals surface area contributed by atoms with E-state index in [9.17, 15) is 4.79 Å². The van der Waals surface area contributed by atoms with Crippen molar-refractivity contribution in [1.29, 1.82) is 0 Å². The van der Waals surface area contributed by atoms with Gasteiger partial charge in [-0.1, -0.05) is 30.3 Å². The van der Waals surface area contributed by atoms with Gasteiger partial charge in [0.1, 0.15) is 0 Å². The topological polar surface area (TPSA) is 95.7 Å². The van der Waals surface area contributed by atoms with Crippen LogP contribution in [0.2, 0.25) is 0 Å². The molecule has 0 saturated carbocycles. The zero-order chi connectivity index (χ0) is 15.7. The Balaban J connectivity index is 0.000000491. The summed E-state index contributed by atoms with van der Waals surface area (Å²) in [5, 5.41) is 7.42. The molecule has 1 heterocycles. The van der Waals surface area contributed by atoms with E-state index in [2.05, 4.69) is 22.5 Å². The van der Waals surface area contributed by atoms with E-state index in [1.807, 2.05) is 18.2 Å². The van der Waals surface area contributed by atoms with Gasteiger partial charge in [0.15, 0.2) is 0 Å². The minimum absolute atomic E-state index is 0.0391. The fourth-order valence-electron chi connectivity index (χ4n) is 2.37. The first-order valence-electron chi connectivity index (χ1n) is 6.99. The van der Waals surface area contributed by atoms with Crippen molar-refractivity contribution < 1.29 is 14.7 Å². The Bertz CT molecular complexity index is 447. The fraction of sp³-hybridized carbons (Fsp3) is 0.467. The first kappa shape index (κ1) is 17.1. The molecule has 0 spiro atoms. The molecule has 4 N–H and O–H groups in total. The summed E-state index contributed by atoms with van der Waals surface area (Å²) in [6.45, 7) is 3.86. The average molecular weight is 293 g/mol. The van der Waals surface area contributed by atoms with Crippen LogP contribution >= 0.6 is 0 Å². The molecule has 1 aromatic carbocycles. The van der Waals surface area contributed by atoms with E-state index in [-0.39, 0.29) is 11.8 Å². The van der Waals surface area contributed by atoms with E-state index in [0.29, 0.717) is 0 Å². The van der Waals surface area contributed by atoms with Crippen LogP contribution in [0.25, 0.3) is 0 Å². The lowest BCUT2D eigenvalue weighted by molar-refractivity contribution is -0.134. The zero-order valence-electron chi connectivity index (χ0n) is 12.3. The quantitative estimate of drug-likeness (QED) is 0.438. The number of carbonyl (C=O) groups excluding carboxylic acids is 1. The van der Waals surface area contributed by atoms with E-state index in [1.165, 1.54) is 5.56 Å². The third-order valence-corrected chi connectivity index (χ3v) is 3.27. The lowest BCUT2D eigenvalue weighted by Gasteiger charge is -2.31. The largest absolute Gasteiger partial charge is 0.481 e. The molecule has 0 bridgehead atoms. The van der Waals surface area contributed by atoms with Crippen LogP contribution in [0.4, 0.5) is 0 Å². The molecule has 1 atom stereocenters. The summed E-state index contributed by atoms with van der Waals surface area (Å²) in [6, 6.07) is 10.3. The molecule has 0 aliphatic carbocycles. The number of carbonyl (C=O) groups is 2. The van der Waals surface area contributed by atoms with Gasteiger partial charge in [0.2, 0.25) is 5.91 Å². The lowest BCUT2D eigenvalue weighted by atomic mass is 9.97. The number of carboxylic acids is 1. The number of hydrogen-bond acceptors (Lipinski definition) is 4. The second-order valence-corrected chi connectivity index (χ2v) is 5.09. The van der Waals surface area contributed by atoms with Gasteiger partial charge in [-0.15, -0.1) is 0 Å². The number of piperidine rings is 1. The standard InChI is InChI=1S/C13H19N3O.C2H4O2/c14-15-13(17)12-7-4-8-16(10-12)9-11-5-2-1-3-6-11;1-2(3)4/h1-3,5-6,12H,4,7-10,14H2,(H,15,17);1H3,(H,3,4). The van der Waals surface area contributed by atoms with Gasteiger partial charge in [-0.2, -0.15) is 0 Å². The lowest BCUT2D eigenvalue weighted by Crippen LogP contribution is -2.44. The first-order valence-corrected chi connectivity index (χ1v) is 6.99. The Morgan fingerprint density at radius 1 is 1.38 bits per heavy atom. The van der Waals surface area contributed by atoms with Crippen molar-refractivity contribution in [2.75, 3.05) is 13.1 Å². The van der Waals surface area contributed by atoms with Gasteiger partial charge in [-0.05, 0) is 24.9 Å². The van der Waals surface area contributed by atoms with Crippen molar-refractivity contribution in [2.45, 2.75) is 26.3 Å². The number of nitrogens with zero attached hydrogens (tertiary/aromatic N) is 1. The number of likely N-dealkylation sites (tertiary alicyclic amines) is 1. The number of hydrogen-bond donors (Lipinski definition) is 3. The van der Waals surface area contributed by atoms with Crippen LogP contribution in [0.1, 0.15) is 25.3 Å². The van der Waals surface area contributed by atoms with E-state index in [4.69, 9.17) is 15.7 Å². The van der Waals surface area contributed by atoms with Crippen LogP contribution in [-0.2, 0) is 16.1 Å². The molecule has 1 fully saturated rings. The van der Waals surface area contributed by atoms with Crippen LogP contribution in [0.15, 0.2) is 30.3 Å². The molecule has 1 amide bonds. The Kier molecular flexibility index (Phi) is 7.42. The second-order valence-electron chi connectivity index (χ2n) is 5.09. The molecule has 6 heteroatoms. The highest BCUT2D eigenvalue weighted by molar-refractivity contribution is 5.78. The monoisotopic (exact) mass is 293 g/mol. The van der Waals surface area contributed by atoms with E-state index in [1.54, 1.807) is 0 Å². The number of aliphatic carboxylic acids is 1. The Labute approximate surface area is 124 Å². The van der Waals surface area contributed by atoms with E-state index >= 15 is 0 Å². The van der Waals surface area contributed by atoms with Gasteiger partial charge >= 0.3 is 0 Å². The normalized spacial score (nSPS) is 18.3. The number of hydrazine groups is 1. The van der Waals surface area contributed by atoms with Crippen LogP contribution < -0.4 is 11.3 Å². The molecular formula is C15H23N3O3. The number of carboxylic acid groups (broad SMARTS) is 1. The number of amides is 1. The van der Waals surface area contributed by atoms with Crippen LogP contribution in [-0.4, -0.2) is 35.0 Å². The highest BCUT2D eigenvalue weighted by atomic mass is 16.4. The molecule has 1 aromatic rings. The van der Waals surface area contributed by atoms with Gasteiger partial charge in [0, 0.05) is 20.0 Å². The zero-order valence-corrected chi connectivity index (χ0v) is 12.3. The minimum Gasteiger partial charge on any atom is -0.481 e. The van der Waals surface area contributed by atoms with Crippen LogP contribution in [0.5, 0.6) is 0 Å². The summed E-state index contributed by atoms with van der Waals surface area (Å²) >= 11 is 0. The maximum absolute atomic E-state index is 11.5. The van der Waals surface area contributed by atoms with E-state index < -0.39 is 5.97 Å². The van der Waals surface area contributed by atoms with Crippen molar-refractivity contribution in [3.63, 3.8) is 0 Å². The Morgan fingerprint density at radius 3 is 2.57 bits per heavy atom. The second kappa shape index (κ2) is 9.10. The van der Waals surface area contributed by atoms with Gasteiger partial charge in [-0.3, -0.25) is 19.9 Å². The summed E-state index contributed by atoms with van der Waals surface area (Å²) in [6.07, 6.45) is 2.00. The smallest absolute Gasteiger partial charge is 0.300 e. The van der Waals surface area contributed by atoms with Crippen molar-refractivity contribution in [2.24, 2.45) is 11.8 Å². The SMILES string of the molecule is CC(=O)O.NNC(=O)C1CCCN(Cc2ccccc2)C1. The molecule has 0 radical (unpaired) electrons. The summed E-state index contributed by atoms with van der Waals surface area (Å²) in [4.78, 5) is 22.8. The predicted molar refractivity (Wildman–Crippen MR) is 80.1 cm³/mol.